The maximum atomic E-state index is 14.9. The number of carbonyl (C=O) groups is 1. The van der Waals surface area contributed by atoms with E-state index in [0.717, 1.165) is 48.9 Å². The molecule has 3 aliphatic rings. The average molecular weight is 814 g/mol. The highest BCUT2D eigenvalue weighted by molar-refractivity contribution is 7.89. The van der Waals surface area contributed by atoms with E-state index in [4.69, 9.17) is 30.5 Å². The first-order valence-electron chi connectivity index (χ1n) is 19.7. The molecule has 57 heavy (non-hydrogen) atoms. The van der Waals surface area contributed by atoms with Gasteiger partial charge in [0.25, 0.3) is 0 Å². The zero-order valence-electron chi connectivity index (χ0n) is 32.9. The zero-order valence-corrected chi connectivity index (χ0v) is 34.5. The van der Waals surface area contributed by atoms with E-state index in [-0.39, 0.29) is 47.9 Å². The Morgan fingerprint density at radius 3 is 2.28 bits per heavy atom. The highest BCUT2D eigenvalue weighted by Crippen LogP contribution is 2.47. The summed E-state index contributed by atoms with van der Waals surface area (Å²) in [5.41, 5.74) is 4.51. The Morgan fingerprint density at radius 1 is 1.00 bits per heavy atom. The molecule has 1 amide bonds. The fourth-order valence-corrected chi connectivity index (χ4v) is 10.4. The van der Waals surface area contributed by atoms with Gasteiger partial charge in [0.2, 0.25) is 10.0 Å². The quantitative estimate of drug-likeness (QED) is 0.126. The van der Waals surface area contributed by atoms with Gasteiger partial charge in [-0.1, -0.05) is 48.0 Å². The van der Waals surface area contributed by atoms with Crippen molar-refractivity contribution >= 4 is 33.4 Å². The highest BCUT2D eigenvalue weighted by atomic mass is 35.5. The molecule has 10 nitrogen and oxygen atoms in total. The van der Waals surface area contributed by atoms with E-state index in [1.807, 2.05) is 60.7 Å². The van der Waals surface area contributed by atoms with E-state index in [1.165, 1.54) is 15.4 Å². The summed E-state index contributed by atoms with van der Waals surface area (Å²) in [6.45, 7) is 8.14. The minimum absolute atomic E-state index is 0.143. The van der Waals surface area contributed by atoms with Crippen LogP contribution in [0, 0.1) is 11.8 Å². The normalized spacial score (nSPS) is 20.6. The first kappa shape index (κ1) is 40.5. The highest BCUT2D eigenvalue weighted by Gasteiger charge is 2.45. The van der Waals surface area contributed by atoms with Gasteiger partial charge in [-0.3, -0.25) is 0 Å². The molecule has 0 unspecified atom stereocenters. The van der Waals surface area contributed by atoms with E-state index in [2.05, 4.69) is 28.9 Å². The van der Waals surface area contributed by atoms with Crippen molar-refractivity contribution in [3.8, 4) is 17.2 Å². The summed E-state index contributed by atoms with van der Waals surface area (Å²) in [6, 6.07) is 26.1. The zero-order chi connectivity index (χ0) is 40.2. The lowest BCUT2D eigenvalue weighted by molar-refractivity contribution is 0.119. The van der Waals surface area contributed by atoms with Crippen LogP contribution in [-0.4, -0.2) is 65.4 Å². The number of rotatable bonds is 14. The predicted octanol–water partition coefficient (Wildman–Crippen LogP) is 8.55. The van der Waals surface area contributed by atoms with Crippen molar-refractivity contribution in [2.75, 3.05) is 45.4 Å². The SMILES string of the molecule is C=C[C@@H](NC(=O)OCC)[C@@H]1CC[C@H]1CN1C[C@@]2(CCCc3cc(Cl)ccc32)COc2ccc(S(=O)(=O)N(Cc3ccc(OC)cc3)Cc3ccc(OC)cc3)cc21. The molecule has 1 heterocycles. The molecule has 4 aromatic rings. The summed E-state index contributed by atoms with van der Waals surface area (Å²) >= 11 is 6.50. The number of anilines is 1. The molecule has 7 rings (SSSR count). The van der Waals surface area contributed by atoms with Crippen molar-refractivity contribution in [2.24, 2.45) is 11.8 Å². The van der Waals surface area contributed by atoms with Crippen LogP contribution < -0.4 is 24.4 Å². The molecule has 1 N–H and O–H groups in total. The number of halogens is 1. The Labute approximate surface area is 341 Å². The van der Waals surface area contributed by atoms with Gasteiger partial charge in [-0.25, -0.2) is 13.2 Å². The molecule has 0 aromatic heterocycles. The number of ether oxygens (including phenoxy) is 4. The van der Waals surface area contributed by atoms with Crippen LogP contribution in [0.15, 0.2) is 102 Å². The average Bonchev–Trinajstić information content (AvgIpc) is 3.36. The number of hydrogen-bond acceptors (Lipinski definition) is 8. The Bertz CT molecular complexity index is 2120. The van der Waals surface area contributed by atoms with Crippen LogP contribution >= 0.6 is 11.6 Å². The van der Waals surface area contributed by atoms with Crippen molar-refractivity contribution in [1.82, 2.24) is 9.62 Å². The maximum Gasteiger partial charge on any atom is 0.407 e. The predicted molar refractivity (Wildman–Crippen MR) is 223 cm³/mol. The van der Waals surface area contributed by atoms with Crippen LogP contribution in [0.5, 0.6) is 17.2 Å². The lowest BCUT2D eigenvalue weighted by Crippen LogP contribution is -2.52. The van der Waals surface area contributed by atoms with E-state index in [1.54, 1.807) is 39.4 Å². The second kappa shape index (κ2) is 17.4. The number of methoxy groups -OCH3 is 2. The van der Waals surface area contributed by atoms with Crippen molar-refractivity contribution < 1.29 is 32.2 Å². The molecule has 4 aromatic carbocycles. The van der Waals surface area contributed by atoms with E-state index in [9.17, 15) is 13.2 Å². The van der Waals surface area contributed by atoms with Gasteiger partial charge in [0, 0.05) is 36.6 Å². The fraction of sp³-hybridized carbons (Fsp3) is 0.400. The number of hydrogen-bond donors (Lipinski definition) is 1. The summed E-state index contributed by atoms with van der Waals surface area (Å²) in [5.74, 6) is 2.38. The van der Waals surface area contributed by atoms with Crippen LogP contribution in [0.25, 0.3) is 0 Å². The molecule has 2 aliphatic carbocycles. The summed E-state index contributed by atoms with van der Waals surface area (Å²) in [4.78, 5) is 15.0. The molecular formula is C45H52ClN3O7S. The van der Waals surface area contributed by atoms with Crippen LogP contribution in [0.1, 0.15) is 54.9 Å². The molecule has 1 saturated carbocycles. The van der Waals surface area contributed by atoms with Crippen molar-refractivity contribution in [3.05, 3.63) is 125 Å². The minimum Gasteiger partial charge on any atom is -0.497 e. The van der Waals surface area contributed by atoms with Gasteiger partial charge >= 0.3 is 6.09 Å². The van der Waals surface area contributed by atoms with Gasteiger partial charge in [0.1, 0.15) is 17.2 Å². The number of sulfonamides is 1. The third-order valence-electron chi connectivity index (χ3n) is 11.9. The molecule has 1 spiro atoms. The Balaban J connectivity index is 1.26. The molecule has 1 fully saturated rings. The largest absolute Gasteiger partial charge is 0.497 e. The van der Waals surface area contributed by atoms with E-state index >= 15 is 0 Å². The van der Waals surface area contributed by atoms with Gasteiger partial charge in [0.05, 0.1) is 44.1 Å². The monoisotopic (exact) mass is 813 g/mol. The number of nitrogens with one attached hydrogen (secondary N) is 1. The Kier molecular flexibility index (Phi) is 12.4. The second-order valence-corrected chi connectivity index (χ2v) is 17.7. The third kappa shape index (κ3) is 8.76. The smallest absolute Gasteiger partial charge is 0.407 e. The summed E-state index contributed by atoms with van der Waals surface area (Å²) in [7, 11) is -0.841. The van der Waals surface area contributed by atoms with E-state index < -0.39 is 16.1 Å². The Hall–Kier alpha value is -4.71. The molecular weight excluding hydrogens is 762 g/mol. The van der Waals surface area contributed by atoms with Gasteiger partial charge in [-0.2, -0.15) is 4.31 Å². The van der Waals surface area contributed by atoms with Crippen LogP contribution in [-0.2, 0) is 39.7 Å². The molecule has 12 heteroatoms. The minimum atomic E-state index is -4.05. The number of benzene rings is 4. The summed E-state index contributed by atoms with van der Waals surface area (Å²) in [5, 5.41) is 3.72. The van der Waals surface area contributed by atoms with E-state index in [0.29, 0.717) is 42.0 Å². The topological polar surface area (TPSA) is 107 Å². The number of aryl methyl sites for hydroxylation is 1. The van der Waals surface area contributed by atoms with Gasteiger partial charge in [-0.15, -0.1) is 6.58 Å². The fourth-order valence-electron chi connectivity index (χ4n) is 8.73. The molecule has 4 atom stereocenters. The van der Waals surface area contributed by atoms with Crippen molar-refractivity contribution in [2.45, 2.75) is 68.5 Å². The molecule has 0 bridgehead atoms. The van der Waals surface area contributed by atoms with Crippen LogP contribution in [0.2, 0.25) is 5.02 Å². The first-order chi connectivity index (χ1) is 27.5. The number of fused-ring (bicyclic) bond motifs is 3. The van der Waals surface area contributed by atoms with Crippen molar-refractivity contribution in [1.29, 1.82) is 0 Å². The molecule has 0 radical (unpaired) electrons. The second-order valence-electron chi connectivity index (χ2n) is 15.3. The standard InChI is InChI=1S/C45H52ClN3O7S/c1-5-41(47-44(50)55-6-2)39-20-13-34(39)28-48-29-45(23-7-8-33-24-35(46)14-21-40(33)45)30-56-43-22-19-38(25-42(43)48)57(51,52)49(26-31-9-15-36(53-3)16-10-31)27-32-11-17-37(54-4)18-12-32/h5,9-12,14-19,21-22,24-25,34,39,41H,1,6-8,13,20,23,26-30H2,2-4H3,(H,47,50)/t34-,39+,41+,45-/m0/s1. The first-order valence-corrected chi connectivity index (χ1v) is 21.5. The van der Waals surface area contributed by atoms with Crippen LogP contribution in [0.3, 0.4) is 0 Å². The third-order valence-corrected chi connectivity index (χ3v) is 13.9. The van der Waals surface area contributed by atoms with Crippen LogP contribution in [0.4, 0.5) is 10.5 Å². The molecule has 302 valence electrons. The number of alkyl carbamates (subject to hydrolysis) is 1. The number of carbonyl (C=O) groups excluding carboxylic acids is 1. The van der Waals surface area contributed by atoms with Gasteiger partial charge in [-0.05, 0) is 128 Å². The van der Waals surface area contributed by atoms with Gasteiger partial charge < -0.3 is 29.2 Å². The summed E-state index contributed by atoms with van der Waals surface area (Å²) < 4.78 is 54.0. The maximum absolute atomic E-state index is 14.9. The molecule has 0 saturated heterocycles. The summed E-state index contributed by atoms with van der Waals surface area (Å²) in [6.07, 6.45) is 6.07. The lowest BCUT2D eigenvalue weighted by Gasteiger charge is -2.46. The number of nitrogens with zero attached hydrogens (tertiary/aromatic N) is 2. The van der Waals surface area contributed by atoms with Crippen molar-refractivity contribution in [3.63, 3.8) is 0 Å². The molecule has 1 aliphatic heterocycles. The lowest BCUT2D eigenvalue weighted by atomic mass is 9.68. The van der Waals surface area contributed by atoms with Gasteiger partial charge in [0.15, 0.2) is 0 Å². The Morgan fingerprint density at radius 2 is 1.68 bits per heavy atom. The number of amides is 1.